The summed E-state index contributed by atoms with van der Waals surface area (Å²) in [7, 11) is 4.93. The minimum atomic E-state index is -0.355. The van der Waals surface area contributed by atoms with Crippen LogP contribution < -0.4 is 17.0 Å². The van der Waals surface area contributed by atoms with Crippen LogP contribution in [0.25, 0.3) is 11.2 Å². The Morgan fingerprint density at radius 2 is 1.90 bits per heavy atom. The first-order chi connectivity index (χ1) is 10.0. The molecule has 0 aromatic carbocycles. The van der Waals surface area contributed by atoms with E-state index in [-0.39, 0.29) is 17.9 Å². The highest BCUT2D eigenvalue weighted by molar-refractivity contribution is 5.70. The van der Waals surface area contributed by atoms with Crippen LogP contribution in [0.4, 0.5) is 0 Å². The molecular weight excluding hydrogens is 274 g/mol. The summed E-state index contributed by atoms with van der Waals surface area (Å²) < 4.78 is 9.39. The molecule has 2 aromatic heterocycles. The van der Waals surface area contributed by atoms with Crippen LogP contribution in [0.3, 0.4) is 0 Å². The molecule has 0 spiro atoms. The molecule has 0 amide bonds. The molecule has 0 aliphatic carbocycles. The van der Waals surface area contributed by atoms with Gasteiger partial charge < -0.3 is 15.0 Å². The number of rotatable bonds is 6. The lowest BCUT2D eigenvalue weighted by atomic mass is 10.3. The molecule has 2 heterocycles. The summed E-state index contributed by atoms with van der Waals surface area (Å²) in [5.41, 5.74) is 5.58. The number of fused-ring (bicyclic) bond motifs is 1. The van der Waals surface area contributed by atoms with Gasteiger partial charge in [0.1, 0.15) is 12.4 Å². The molecule has 116 valence electrons. The molecule has 0 unspecified atom stereocenters. The molecule has 0 saturated heterocycles. The summed E-state index contributed by atoms with van der Waals surface area (Å²) >= 11 is 0. The first-order valence-electron chi connectivity index (χ1n) is 6.87. The molecule has 8 heteroatoms. The number of imidazole rings is 1. The number of unbranched alkanes of at least 4 members (excludes halogenated alkanes) is 1. The molecule has 0 atom stereocenters. The van der Waals surface area contributed by atoms with Crippen molar-refractivity contribution in [2.24, 2.45) is 19.8 Å². The number of hydrogen-bond acceptors (Lipinski definition) is 5. The molecule has 0 aliphatic rings. The highest BCUT2D eigenvalue weighted by Crippen LogP contribution is 2.09. The average Bonchev–Trinajstić information content (AvgIpc) is 2.78. The normalized spacial score (nSPS) is 11.4. The van der Waals surface area contributed by atoms with Crippen molar-refractivity contribution < 1.29 is 4.74 Å². The van der Waals surface area contributed by atoms with Gasteiger partial charge in [-0.1, -0.05) is 0 Å². The summed E-state index contributed by atoms with van der Waals surface area (Å²) in [5.74, 6) is 0.610. The number of nitrogens with zero attached hydrogens (tertiary/aromatic N) is 4. The van der Waals surface area contributed by atoms with E-state index in [1.54, 1.807) is 25.8 Å². The van der Waals surface area contributed by atoms with Gasteiger partial charge in [-0.2, -0.15) is 0 Å². The van der Waals surface area contributed by atoms with Gasteiger partial charge in [0.25, 0.3) is 5.56 Å². The molecule has 2 N–H and O–H groups in total. The smallest absolute Gasteiger partial charge is 0.332 e. The van der Waals surface area contributed by atoms with Crippen LogP contribution in [0.15, 0.2) is 9.59 Å². The van der Waals surface area contributed by atoms with Crippen LogP contribution in [-0.4, -0.2) is 32.3 Å². The van der Waals surface area contributed by atoms with Crippen molar-refractivity contribution in [2.45, 2.75) is 26.0 Å². The van der Waals surface area contributed by atoms with Gasteiger partial charge in [-0.15, -0.1) is 0 Å². The number of ether oxygens (including phenoxy) is 1. The third-order valence-corrected chi connectivity index (χ3v) is 3.56. The third-order valence-electron chi connectivity index (χ3n) is 3.56. The number of nitrogens with two attached hydrogens (primary N) is 1. The lowest BCUT2D eigenvalue weighted by molar-refractivity contribution is 0.175. The van der Waals surface area contributed by atoms with Gasteiger partial charge in [-0.05, 0) is 19.4 Å². The van der Waals surface area contributed by atoms with Gasteiger partial charge in [0.05, 0.1) is 0 Å². The highest BCUT2D eigenvalue weighted by atomic mass is 16.5. The first kappa shape index (κ1) is 15.5. The molecule has 0 fully saturated rings. The maximum atomic E-state index is 12.6. The fraction of sp³-hybridized carbons (Fsp3) is 0.615. The van der Waals surface area contributed by atoms with Gasteiger partial charge in [0.15, 0.2) is 11.2 Å². The zero-order chi connectivity index (χ0) is 15.6. The van der Waals surface area contributed by atoms with Crippen LogP contribution >= 0.6 is 0 Å². The van der Waals surface area contributed by atoms with Gasteiger partial charge in [0.2, 0.25) is 0 Å². The molecule has 0 bridgehead atoms. The molecular formula is C13H21N5O3. The fourth-order valence-corrected chi connectivity index (χ4v) is 2.36. The highest BCUT2D eigenvalue weighted by Gasteiger charge is 2.17. The van der Waals surface area contributed by atoms with Crippen molar-refractivity contribution in [3.05, 3.63) is 26.7 Å². The van der Waals surface area contributed by atoms with E-state index in [0.717, 1.165) is 6.42 Å². The summed E-state index contributed by atoms with van der Waals surface area (Å²) in [6.45, 7) is 1.19. The Bertz CT molecular complexity index is 756. The van der Waals surface area contributed by atoms with Crippen molar-refractivity contribution in [3.8, 4) is 0 Å². The Morgan fingerprint density at radius 3 is 2.52 bits per heavy atom. The topological polar surface area (TPSA) is 97.1 Å². The van der Waals surface area contributed by atoms with E-state index in [2.05, 4.69) is 4.98 Å². The second-order valence-electron chi connectivity index (χ2n) is 4.99. The van der Waals surface area contributed by atoms with Gasteiger partial charge in [-0.25, -0.2) is 9.78 Å². The molecule has 2 aromatic rings. The molecule has 2 rings (SSSR count). The predicted octanol–water partition coefficient (Wildman–Crippen LogP) is -0.681. The maximum absolute atomic E-state index is 12.6. The van der Waals surface area contributed by atoms with E-state index < -0.39 is 0 Å². The van der Waals surface area contributed by atoms with Crippen LogP contribution in [0.2, 0.25) is 0 Å². The lowest BCUT2D eigenvalue weighted by Crippen LogP contribution is -2.39. The summed E-state index contributed by atoms with van der Waals surface area (Å²) in [5, 5.41) is 0. The number of aryl methyl sites for hydroxylation is 2. The van der Waals surface area contributed by atoms with Crippen molar-refractivity contribution in [1.82, 2.24) is 18.7 Å². The van der Waals surface area contributed by atoms with Gasteiger partial charge >= 0.3 is 5.69 Å². The lowest BCUT2D eigenvalue weighted by Gasteiger charge is -2.08. The fourth-order valence-electron chi connectivity index (χ4n) is 2.36. The second-order valence-corrected chi connectivity index (χ2v) is 4.99. The van der Waals surface area contributed by atoms with Crippen LogP contribution in [0, 0.1) is 0 Å². The summed E-state index contributed by atoms with van der Waals surface area (Å²) in [6.07, 6.45) is 1.47. The Balaban J connectivity index is 2.65. The standard InChI is InChI=1S/C13H21N5O3/c1-16-9(8-21-3)15-11-10(16)12(19)18(7-5-4-6-14)13(20)17(11)2/h4-8,14H2,1-3H3. The quantitative estimate of drug-likeness (QED) is 0.712. The Morgan fingerprint density at radius 1 is 1.19 bits per heavy atom. The van der Waals surface area contributed by atoms with Crippen LogP contribution in [0.1, 0.15) is 18.7 Å². The summed E-state index contributed by atoms with van der Waals surface area (Å²) in [4.78, 5) is 29.2. The molecule has 0 aliphatic heterocycles. The number of methoxy groups -OCH3 is 1. The second kappa shape index (κ2) is 6.23. The van der Waals surface area contributed by atoms with Crippen molar-refractivity contribution >= 4 is 11.2 Å². The largest absolute Gasteiger partial charge is 0.377 e. The Hall–Kier alpha value is -1.93. The van der Waals surface area contributed by atoms with Crippen molar-refractivity contribution in [2.75, 3.05) is 13.7 Å². The minimum absolute atomic E-state index is 0.284. The monoisotopic (exact) mass is 295 g/mol. The maximum Gasteiger partial charge on any atom is 0.332 e. The van der Waals surface area contributed by atoms with Crippen molar-refractivity contribution in [1.29, 1.82) is 0 Å². The predicted molar refractivity (Wildman–Crippen MR) is 79.2 cm³/mol. The number of aromatic nitrogens is 4. The average molecular weight is 295 g/mol. The van der Waals surface area contributed by atoms with Crippen molar-refractivity contribution in [3.63, 3.8) is 0 Å². The molecule has 8 nitrogen and oxygen atoms in total. The SMILES string of the molecule is COCc1nc2c(c(=O)n(CCCCN)c(=O)n2C)n1C. The Labute approximate surface area is 121 Å². The van der Waals surface area contributed by atoms with E-state index in [0.29, 0.717) is 36.5 Å². The Kier molecular flexibility index (Phi) is 4.59. The van der Waals surface area contributed by atoms with E-state index >= 15 is 0 Å². The zero-order valence-electron chi connectivity index (χ0n) is 12.6. The molecule has 21 heavy (non-hydrogen) atoms. The molecule has 0 radical (unpaired) electrons. The van der Waals surface area contributed by atoms with Gasteiger partial charge in [0, 0.05) is 27.7 Å². The van der Waals surface area contributed by atoms with E-state index in [1.165, 1.54) is 9.13 Å². The summed E-state index contributed by atoms with van der Waals surface area (Å²) in [6, 6.07) is 0. The number of hydrogen-bond donors (Lipinski definition) is 1. The first-order valence-corrected chi connectivity index (χ1v) is 6.87. The van der Waals surface area contributed by atoms with E-state index in [9.17, 15) is 9.59 Å². The van der Waals surface area contributed by atoms with Gasteiger partial charge in [-0.3, -0.25) is 13.9 Å². The molecule has 0 saturated carbocycles. The van der Waals surface area contributed by atoms with Crippen LogP contribution in [0.5, 0.6) is 0 Å². The van der Waals surface area contributed by atoms with Crippen LogP contribution in [-0.2, 0) is 32.0 Å². The van der Waals surface area contributed by atoms with E-state index in [4.69, 9.17) is 10.5 Å². The zero-order valence-corrected chi connectivity index (χ0v) is 12.6. The third kappa shape index (κ3) is 2.64. The minimum Gasteiger partial charge on any atom is -0.377 e. The van der Waals surface area contributed by atoms with E-state index in [1.807, 2.05) is 0 Å².